The van der Waals surface area contributed by atoms with Gasteiger partial charge < -0.3 is 10.5 Å². The van der Waals surface area contributed by atoms with Gasteiger partial charge in [0, 0.05) is 30.3 Å². The maximum atomic E-state index is 14.2. The van der Waals surface area contributed by atoms with Gasteiger partial charge >= 0.3 is 0 Å². The highest BCUT2D eigenvalue weighted by molar-refractivity contribution is 5.65. The number of halogens is 1. The first-order valence-electron chi connectivity index (χ1n) is 6.58. The molecule has 0 amide bonds. The monoisotopic (exact) mass is 273 g/mol. The summed E-state index contributed by atoms with van der Waals surface area (Å²) in [4.78, 5) is 8.73. The Balaban J connectivity index is 2.09. The first-order valence-corrected chi connectivity index (χ1v) is 6.58. The smallest absolute Gasteiger partial charge is 0.166 e. The summed E-state index contributed by atoms with van der Waals surface area (Å²) in [5.41, 5.74) is 9.47. The normalized spacial score (nSPS) is 16.9. The van der Waals surface area contributed by atoms with Crippen molar-refractivity contribution in [2.24, 2.45) is 5.73 Å². The molecule has 0 radical (unpaired) electrons. The molecule has 1 unspecified atom stereocenters. The van der Waals surface area contributed by atoms with Crippen LogP contribution in [0, 0.1) is 19.7 Å². The van der Waals surface area contributed by atoms with Crippen LogP contribution >= 0.6 is 0 Å². The molecule has 1 aromatic carbocycles. The van der Waals surface area contributed by atoms with Crippen LogP contribution in [0.5, 0.6) is 5.75 Å². The van der Waals surface area contributed by atoms with E-state index in [0.717, 1.165) is 22.5 Å². The molecule has 1 aromatic heterocycles. The molecule has 0 spiro atoms. The van der Waals surface area contributed by atoms with E-state index >= 15 is 0 Å². The second-order valence-electron chi connectivity index (χ2n) is 5.07. The first-order chi connectivity index (χ1) is 9.58. The van der Waals surface area contributed by atoms with Crippen LogP contribution in [-0.2, 0) is 6.42 Å². The SMILES string of the molecule is Cc1cnc(C)c(-c2cc(F)c3c(c2)CC(CN)O3)n1. The summed E-state index contributed by atoms with van der Waals surface area (Å²) in [5.74, 6) is -0.0429. The van der Waals surface area contributed by atoms with Gasteiger partial charge in [0.25, 0.3) is 0 Å². The first kappa shape index (κ1) is 13.0. The zero-order chi connectivity index (χ0) is 14.3. The molecule has 2 aromatic rings. The van der Waals surface area contributed by atoms with Gasteiger partial charge in [-0.15, -0.1) is 0 Å². The Kier molecular flexibility index (Phi) is 3.14. The van der Waals surface area contributed by atoms with E-state index in [9.17, 15) is 4.39 Å². The van der Waals surface area contributed by atoms with Gasteiger partial charge in [-0.05, 0) is 26.0 Å². The predicted octanol–water partition coefficient (Wildman–Crippen LogP) is 2.16. The topological polar surface area (TPSA) is 61.0 Å². The quantitative estimate of drug-likeness (QED) is 0.911. The molecule has 0 bridgehead atoms. The minimum absolute atomic E-state index is 0.139. The number of nitrogens with two attached hydrogens (primary N) is 1. The summed E-state index contributed by atoms with van der Waals surface area (Å²) in [7, 11) is 0. The highest BCUT2D eigenvalue weighted by Crippen LogP contribution is 2.35. The Morgan fingerprint density at radius 3 is 2.95 bits per heavy atom. The van der Waals surface area contributed by atoms with Crippen molar-refractivity contribution in [1.29, 1.82) is 0 Å². The Morgan fingerprint density at radius 2 is 2.20 bits per heavy atom. The van der Waals surface area contributed by atoms with Crippen LogP contribution in [0.3, 0.4) is 0 Å². The van der Waals surface area contributed by atoms with Crippen molar-refractivity contribution in [3.63, 3.8) is 0 Å². The number of hydrogen-bond donors (Lipinski definition) is 1. The molecule has 1 aliphatic rings. The molecule has 0 saturated heterocycles. The maximum Gasteiger partial charge on any atom is 0.166 e. The van der Waals surface area contributed by atoms with Gasteiger partial charge in [0.15, 0.2) is 11.6 Å². The van der Waals surface area contributed by atoms with Crippen molar-refractivity contribution in [1.82, 2.24) is 9.97 Å². The molecule has 5 heteroatoms. The van der Waals surface area contributed by atoms with Crippen molar-refractivity contribution in [3.05, 3.63) is 41.1 Å². The molecule has 2 heterocycles. The van der Waals surface area contributed by atoms with Gasteiger partial charge in [-0.25, -0.2) is 9.37 Å². The van der Waals surface area contributed by atoms with E-state index in [1.807, 2.05) is 19.9 Å². The van der Waals surface area contributed by atoms with Gasteiger partial charge in [0.1, 0.15) is 6.10 Å². The molecule has 104 valence electrons. The maximum absolute atomic E-state index is 14.2. The minimum Gasteiger partial charge on any atom is -0.485 e. The Bertz CT molecular complexity index is 672. The van der Waals surface area contributed by atoms with Crippen LogP contribution in [0.15, 0.2) is 18.3 Å². The van der Waals surface area contributed by atoms with Crippen molar-refractivity contribution < 1.29 is 9.13 Å². The highest BCUT2D eigenvalue weighted by atomic mass is 19.1. The summed E-state index contributed by atoms with van der Waals surface area (Å²) in [6.07, 6.45) is 2.20. The van der Waals surface area contributed by atoms with E-state index in [1.165, 1.54) is 6.07 Å². The molecular weight excluding hydrogens is 257 g/mol. The number of aromatic nitrogens is 2. The average molecular weight is 273 g/mol. The average Bonchev–Trinajstić information content (AvgIpc) is 2.85. The fourth-order valence-electron chi connectivity index (χ4n) is 2.47. The lowest BCUT2D eigenvalue weighted by Gasteiger charge is -2.09. The zero-order valence-electron chi connectivity index (χ0n) is 11.5. The third kappa shape index (κ3) is 2.14. The fourth-order valence-corrected chi connectivity index (χ4v) is 2.47. The number of benzene rings is 1. The molecule has 1 aliphatic heterocycles. The third-order valence-electron chi connectivity index (χ3n) is 3.46. The van der Waals surface area contributed by atoms with Crippen LogP contribution < -0.4 is 10.5 Å². The molecule has 0 saturated carbocycles. The van der Waals surface area contributed by atoms with Crippen molar-refractivity contribution >= 4 is 0 Å². The number of nitrogens with zero attached hydrogens (tertiary/aromatic N) is 2. The fraction of sp³-hybridized carbons (Fsp3) is 0.333. The number of aryl methyl sites for hydroxylation is 2. The molecule has 2 N–H and O–H groups in total. The highest BCUT2D eigenvalue weighted by Gasteiger charge is 2.26. The lowest BCUT2D eigenvalue weighted by molar-refractivity contribution is 0.232. The summed E-state index contributed by atoms with van der Waals surface area (Å²) < 4.78 is 19.7. The number of ether oxygens (including phenoxy) is 1. The van der Waals surface area contributed by atoms with Gasteiger partial charge in [-0.3, -0.25) is 4.98 Å². The van der Waals surface area contributed by atoms with Crippen LogP contribution in [0.4, 0.5) is 4.39 Å². The minimum atomic E-state index is -0.365. The summed E-state index contributed by atoms with van der Waals surface area (Å²) in [6, 6.07) is 3.37. The van der Waals surface area contributed by atoms with E-state index in [1.54, 1.807) is 6.20 Å². The van der Waals surface area contributed by atoms with E-state index in [2.05, 4.69) is 9.97 Å². The zero-order valence-corrected chi connectivity index (χ0v) is 11.5. The predicted molar refractivity (Wildman–Crippen MR) is 74.1 cm³/mol. The number of fused-ring (bicyclic) bond motifs is 1. The van der Waals surface area contributed by atoms with Gasteiger partial charge in [0.05, 0.1) is 17.1 Å². The third-order valence-corrected chi connectivity index (χ3v) is 3.46. The molecule has 1 atom stereocenters. The Labute approximate surface area is 116 Å². The van der Waals surface area contributed by atoms with E-state index in [4.69, 9.17) is 10.5 Å². The van der Waals surface area contributed by atoms with Gasteiger partial charge in [-0.1, -0.05) is 0 Å². The largest absolute Gasteiger partial charge is 0.485 e. The Morgan fingerprint density at radius 1 is 1.40 bits per heavy atom. The van der Waals surface area contributed by atoms with Crippen molar-refractivity contribution in [2.45, 2.75) is 26.4 Å². The molecular formula is C15H16FN3O. The standard InChI is InChI=1S/C15H16FN3O/c1-8-7-18-9(2)14(19-8)10-3-11-4-12(6-17)20-15(11)13(16)5-10/h3,5,7,12H,4,6,17H2,1-2H3. The summed E-state index contributed by atoms with van der Waals surface area (Å²) >= 11 is 0. The molecule has 0 fully saturated rings. The van der Waals surface area contributed by atoms with Crippen LogP contribution in [0.2, 0.25) is 0 Å². The second-order valence-corrected chi connectivity index (χ2v) is 5.07. The second kappa shape index (κ2) is 4.83. The summed E-state index contributed by atoms with van der Waals surface area (Å²) in [6.45, 7) is 4.12. The molecule has 4 nitrogen and oxygen atoms in total. The molecule has 3 rings (SSSR count). The molecule has 20 heavy (non-hydrogen) atoms. The van der Waals surface area contributed by atoms with Crippen LogP contribution in [-0.4, -0.2) is 22.6 Å². The van der Waals surface area contributed by atoms with Crippen molar-refractivity contribution in [2.75, 3.05) is 6.54 Å². The Hall–Kier alpha value is -2.01. The van der Waals surface area contributed by atoms with Crippen LogP contribution in [0.1, 0.15) is 17.0 Å². The van der Waals surface area contributed by atoms with Crippen LogP contribution in [0.25, 0.3) is 11.3 Å². The van der Waals surface area contributed by atoms with Gasteiger partial charge in [0.2, 0.25) is 0 Å². The van der Waals surface area contributed by atoms with Crippen molar-refractivity contribution in [3.8, 4) is 17.0 Å². The molecule has 0 aliphatic carbocycles. The van der Waals surface area contributed by atoms with Gasteiger partial charge in [-0.2, -0.15) is 0 Å². The lowest BCUT2D eigenvalue weighted by atomic mass is 10.0. The van der Waals surface area contributed by atoms with E-state index in [-0.39, 0.29) is 11.9 Å². The number of rotatable bonds is 2. The van der Waals surface area contributed by atoms with E-state index in [0.29, 0.717) is 24.4 Å². The lowest BCUT2D eigenvalue weighted by Crippen LogP contribution is -2.24. The van der Waals surface area contributed by atoms with E-state index < -0.39 is 0 Å². The summed E-state index contributed by atoms with van der Waals surface area (Å²) in [5, 5.41) is 0. The number of hydrogen-bond acceptors (Lipinski definition) is 4.